The van der Waals surface area contributed by atoms with Crippen LogP contribution < -0.4 is 4.74 Å². The fourth-order valence-electron chi connectivity index (χ4n) is 2.16. The first-order valence-electron chi connectivity index (χ1n) is 5.29. The summed E-state index contributed by atoms with van der Waals surface area (Å²) in [5.41, 5.74) is 0.0203. The van der Waals surface area contributed by atoms with Crippen molar-refractivity contribution >= 4 is 22.0 Å². The molecule has 0 amide bonds. The summed E-state index contributed by atoms with van der Waals surface area (Å²) in [7, 11) is 1.49. The van der Waals surface area contributed by atoms with Gasteiger partial charge < -0.3 is 9.84 Å². The van der Waals surface area contributed by atoms with E-state index in [1.165, 1.54) is 7.11 Å². The summed E-state index contributed by atoms with van der Waals surface area (Å²) in [6, 6.07) is 3.55. The van der Waals surface area contributed by atoms with E-state index in [9.17, 15) is 9.90 Å². The topological polar surface area (TPSA) is 58.9 Å². The number of halogens is 1. The normalized spacial score (nSPS) is 16.8. The van der Waals surface area contributed by atoms with Gasteiger partial charge in [-0.3, -0.25) is 0 Å². The smallest absolute Gasteiger partial charge is 0.235 e. The predicted octanol–water partition coefficient (Wildman–Crippen LogP) is 2.88. The van der Waals surface area contributed by atoms with E-state index in [1.807, 2.05) is 0 Å². The minimum Gasteiger partial charge on any atom is -0.504 e. The van der Waals surface area contributed by atoms with E-state index in [1.54, 1.807) is 18.2 Å². The Hall–Kier alpha value is -1.32. The van der Waals surface area contributed by atoms with Crippen LogP contribution in [0.3, 0.4) is 0 Å². The van der Waals surface area contributed by atoms with Gasteiger partial charge in [0.1, 0.15) is 5.54 Å². The van der Waals surface area contributed by atoms with Gasteiger partial charge in [0.05, 0.1) is 11.6 Å². The lowest BCUT2D eigenvalue weighted by molar-refractivity contribution is 0.244. The summed E-state index contributed by atoms with van der Waals surface area (Å²) in [6.07, 6.45) is 4.09. The maximum absolute atomic E-state index is 10.5. The van der Waals surface area contributed by atoms with Crippen molar-refractivity contribution in [2.45, 2.75) is 24.8 Å². The number of methoxy groups -OCH3 is 1. The monoisotopic (exact) mass is 297 g/mol. The van der Waals surface area contributed by atoms with Crippen molar-refractivity contribution in [1.29, 1.82) is 0 Å². The number of ether oxygens (including phenoxy) is 1. The Labute approximate surface area is 107 Å². The van der Waals surface area contributed by atoms with Gasteiger partial charge in [-0.2, -0.15) is 4.99 Å². The standard InChI is InChI=1S/C12H12BrNO3/c1-17-11-9(13)4-3-8(10(11)16)12(14-7-15)5-2-6-12/h3-4,16H,2,5-6H2,1H3. The lowest BCUT2D eigenvalue weighted by Gasteiger charge is -2.37. The van der Waals surface area contributed by atoms with Crippen LogP contribution in [0, 0.1) is 0 Å². The average Bonchev–Trinajstić information content (AvgIpc) is 2.25. The van der Waals surface area contributed by atoms with Crippen LogP contribution in [0.15, 0.2) is 21.6 Å². The van der Waals surface area contributed by atoms with E-state index < -0.39 is 5.54 Å². The van der Waals surface area contributed by atoms with Crippen molar-refractivity contribution < 1.29 is 14.6 Å². The van der Waals surface area contributed by atoms with Crippen molar-refractivity contribution in [2.24, 2.45) is 4.99 Å². The second kappa shape index (κ2) is 4.51. The quantitative estimate of drug-likeness (QED) is 0.689. The van der Waals surface area contributed by atoms with Crippen LogP contribution in [0.2, 0.25) is 0 Å². The number of hydrogen-bond donors (Lipinski definition) is 1. The molecule has 0 saturated heterocycles. The predicted molar refractivity (Wildman–Crippen MR) is 66.0 cm³/mol. The molecule has 17 heavy (non-hydrogen) atoms. The van der Waals surface area contributed by atoms with Crippen LogP contribution in [0.5, 0.6) is 11.5 Å². The molecule has 0 aliphatic heterocycles. The molecule has 1 fully saturated rings. The third-order valence-electron chi connectivity index (χ3n) is 3.23. The number of benzene rings is 1. The van der Waals surface area contributed by atoms with E-state index in [0.717, 1.165) is 19.3 Å². The molecule has 2 rings (SSSR count). The average molecular weight is 298 g/mol. The van der Waals surface area contributed by atoms with Gasteiger partial charge in [-0.1, -0.05) is 6.07 Å². The Morgan fingerprint density at radius 2 is 2.24 bits per heavy atom. The molecule has 0 atom stereocenters. The van der Waals surface area contributed by atoms with Gasteiger partial charge in [-0.15, -0.1) is 0 Å². The maximum Gasteiger partial charge on any atom is 0.235 e. The lowest BCUT2D eigenvalue weighted by atomic mass is 9.72. The molecule has 1 aliphatic carbocycles. The van der Waals surface area contributed by atoms with Gasteiger partial charge in [0, 0.05) is 5.56 Å². The van der Waals surface area contributed by atoms with Gasteiger partial charge in [-0.25, -0.2) is 4.79 Å². The number of aromatic hydroxyl groups is 1. The van der Waals surface area contributed by atoms with E-state index in [2.05, 4.69) is 20.9 Å². The molecule has 1 N–H and O–H groups in total. The van der Waals surface area contributed by atoms with Crippen LogP contribution in [0.1, 0.15) is 24.8 Å². The zero-order valence-corrected chi connectivity index (χ0v) is 11.0. The Morgan fingerprint density at radius 1 is 1.53 bits per heavy atom. The number of phenols is 1. The third-order valence-corrected chi connectivity index (χ3v) is 3.85. The molecule has 0 unspecified atom stereocenters. The Kier molecular flexibility index (Phi) is 3.22. The molecule has 0 heterocycles. The number of rotatable bonds is 3. The van der Waals surface area contributed by atoms with Crippen molar-refractivity contribution in [2.75, 3.05) is 7.11 Å². The van der Waals surface area contributed by atoms with Crippen LogP contribution in [-0.2, 0) is 10.3 Å². The summed E-state index contributed by atoms with van der Waals surface area (Å²) in [6.45, 7) is 0. The molecule has 1 aliphatic rings. The van der Waals surface area contributed by atoms with Gasteiger partial charge in [0.25, 0.3) is 0 Å². The zero-order valence-electron chi connectivity index (χ0n) is 9.36. The number of carbonyl (C=O) groups excluding carboxylic acids is 1. The molecule has 0 bridgehead atoms. The number of nitrogens with zero attached hydrogens (tertiary/aromatic N) is 1. The largest absolute Gasteiger partial charge is 0.504 e. The van der Waals surface area contributed by atoms with Gasteiger partial charge in [0.2, 0.25) is 6.08 Å². The second-order valence-corrected chi connectivity index (χ2v) is 4.92. The summed E-state index contributed by atoms with van der Waals surface area (Å²) in [4.78, 5) is 14.4. The first kappa shape index (κ1) is 12.1. The van der Waals surface area contributed by atoms with Crippen molar-refractivity contribution in [3.63, 3.8) is 0 Å². The van der Waals surface area contributed by atoms with Crippen LogP contribution in [0.4, 0.5) is 0 Å². The van der Waals surface area contributed by atoms with E-state index in [4.69, 9.17) is 4.74 Å². The Bertz CT molecular complexity index is 491. The number of phenolic OH excluding ortho intramolecular Hbond substituents is 1. The molecule has 5 heteroatoms. The molecular weight excluding hydrogens is 286 g/mol. The molecule has 4 nitrogen and oxygen atoms in total. The zero-order chi connectivity index (χ0) is 12.5. The molecule has 1 saturated carbocycles. The van der Waals surface area contributed by atoms with Crippen LogP contribution in [0.25, 0.3) is 0 Å². The summed E-state index contributed by atoms with van der Waals surface area (Å²) >= 11 is 3.29. The Balaban J connectivity index is 2.56. The fourth-order valence-corrected chi connectivity index (χ4v) is 2.64. The minimum atomic E-state index is -0.611. The van der Waals surface area contributed by atoms with Gasteiger partial charge >= 0.3 is 0 Å². The third kappa shape index (κ3) is 1.85. The molecule has 0 spiro atoms. The lowest BCUT2D eigenvalue weighted by Crippen LogP contribution is -2.32. The molecule has 90 valence electrons. The van der Waals surface area contributed by atoms with E-state index in [0.29, 0.717) is 15.8 Å². The SMILES string of the molecule is COc1c(Br)ccc(C2(N=C=O)CCC2)c1O. The second-order valence-electron chi connectivity index (χ2n) is 4.07. The number of isocyanates is 1. The molecule has 1 aromatic carbocycles. The fraction of sp³-hybridized carbons (Fsp3) is 0.417. The molecule has 0 aromatic heterocycles. The van der Waals surface area contributed by atoms with Gasteiger partial charge in [0.15, 0.2) is 11.5 Å². The first-order valence-corrected chi connectivity index (χ1v) is 6.09. The number of aliphatic imine (C=N–C) groups is 1. The maximum atomic E-state index is 10.5. The highest BCUT2D eigenvalue weighted by molar-refractivity contribution is 9.10. The summed E-state index contributed by atoms with van der Waals surface area (Å²) < 4.78 is 5.79. The summed E-state index contributed by atoms with van der Waals surface area (Å²) in [5, 5.41) is 10.2. The van der Waals surface area contributed by atoms with Crippen molar-refractivity contribution in [1.82, 2.24) is 0 Å². The highest BCUT2D eigenvalue weighted by Crippen LogP contribution is 2.51. The molecule has 1 aromatic rings. The molecular formula is C12H12BrNO3. The van der Waals surface area contributed by atoms with Crippen molar-refractivity contribution in [3.8, 4) is 11.5 Å². The van der Waals surface area contributed by atoms with Crippen LogP contribution >= 0.6 is 15.9 Å². The van der Waals surface area contributed by atoms with Crippen molar-refractivity contribution in [3.05, 3.63) is 22.2 Å². The molecule has 0 radical (unpaired) electrons. The van der Waals surface area contributed by atoms with E-state index in [-0.39, 0.29) is 5.75 Å². The first-order chi connectivity index (χ1) is 8.14. The number of hydrogen-bond acceptors (Lipinski definition) is 4. The summed E-state index contributed by atoms with van der Waals surface area (Å²) in [5.74, 6) is 0.412. The minimum absolute atomic E-state index is 0.0422. The van der Waals surface area contributed by atoms with Crippen LogP contribution in [-0.4, -0.2) is 18.3 Å². The highest BCUT2D eigenvalue weighted by atomic mass is 79.9. The van der Waals surface area contributed by atoms with E-state index >= 15 is 0 Å². The Morgan fingerprint density at radius 3 is 2.71 bits per heavy atom. The highest BCUT2D eigenvalue weighted by Gasteiger charge is 2.41. The van der Waals surface area contributed by atoms with Gasteiger partial charge in [-0.05, 0) is 41.3 Å².